The van der Waals surface area contributed by atoms with Crippen LogP contribution in [0.2, 0.25) is 0 Å². The molecule has 2 aromatic heterocycles. The summed E-state index contributed by atoms with van der Waals surface area (Å²) in [6, 6.07) is 0. The number of H-pyrrole nitrogens is 1. The molecule has 0 unspecified atom stereocenters. The maximum atomic E-state index is 4.23. The summed E-state index contributed by atoms with van der Waals surface area (Å²) in [4.78, 5) is 5.50. The van der Waals surface area contributed by atoms with E-state index >= 15 is 0 Å². The highest BCUT2D eigenvalue weighted by molar-refractivity contribution is 7.14. The average molecular weight is 180 g/mol. The summed E-state index contributed by atoms with van der Waals surface area (Å²) in [5.74, 6) is 0. The molecule has 0 aliphatic heterocycles. The molecule has 0 saturated carbocycles. The number of thiazole rings is 1. The second-order valence-electron chi connectivity index (χ2n) is 2.34. The van der Waals surface area contributed by atoms with Crippen LogP contribution in [0.15, 0.2) is 12.4 Å². The van der Waals surface area contributed by atoms with Crippen LogP contribution in [-0.2, 0) is 6.42 Å². The number of nitrogens with one attached hydrogen (secondary N) is 1. The lowest BCUT2D eigenvalue weighted by molar-refractivity contribution is 0.941. The molecule has 4 nitrogen and oxygen atoms in total. The first-order valence-corrected chi connectivity index (χ1v) is 4.52. The Kier molecular flexibility index (Phi) is 1.87. The van der Waals surface area contributed by atoms with Crippen molar-refractivity contribution < 1.29 is 0 Å². The monoisotopic (exact) mass is 180 g/mol. The van der Waals surface area contributed by atoms with E-state index in [4.69, 9.17) is 0 Å². The van der Waals surface area contributed by atoms with Crippen LogP contribution < -0.4 is 0 Å². The van der Waals surface area contributed by atoms with E-state index in [0.29, 0.717) is 0 Å². The van der Waals surface area contributed by atoms with Crippen LogP contribution in [0.25, 0.3) is 10.7 Å². The molecule has 0 radical (unpaired) electrons. The van der Waals surface area contributed by atoms with E-state index in [0.717, 1.165) is 17.1 Å². The SMILES string of the molecule is CCc1cnc(-c2cn[nH]n2)s1. The van der Waals surface area contributed by atoms with E-state index in [1.54, 1.807) is 17.5 Å². The molecule has 0 saturated heterocycles. The van der Waals surface area contributed by atoms with Crippen molar-refractivity contribution in [3.05, 3.63) is 17.3 Å². The van der Waals surface area contributed by atoms with Gasteiger partial charge < -0.3 is 0 Å². The minimum absolute atomic E-state index is 0.819. The van der Waals surface area contributed by atoms with E-state index in [9.17, 15) is 0 Å². The van der Waals surface area contributed by atoms with Crippen molar-refractivity contribution in [2.45, 2.75) is 13.3 Å². The van der Waals surface area contributed by atoms with Gasteiger partial charge in [0.05, 0.1) is 6.20 Å². The van der Waals surface area contributed by atoms with Gasteiger partial charge >= 0.3 is 0 Å². The van der Waals surface area contributed by atoms with Crippen LogP contribution in [0.3, 0.4) is 0 Å². The van der Waals surface area contributed by atoms with E-state index in [1.807, 2.05) is 6.20 Å². The van der Waals surface area contributed by atoms with Crippen molar-refractivity contribution in [1.29, 1.82) is 0 Å². The Morgan fingerprint density at radius 3 is 3.00 bits per heavy atom. The molecule has 0 aliphatic carbocycles. The molecule has 0 bridgehead atoms. The second-order valence-corrected chi connectivity index (χ2v) is 3.46. The zero-order valence-corrected chi connectivity index (χ0v) is 7.43. The molecule has 0 atom stereocenters. The Balaban J connectivity index is 2.35. The fraction of sp³-hybridized carbons (Fsp3) is 0.286. The van der Waals surface area contributed by atoms with Gasteiger partial charge in [0, 0.05) is 11.1 Å². The summed E-state index contributed by atoms with van der Waals surface area (Å²) in [5.41, 5.74) is 0.819. The van der Waals surface area contributed by atoms with Crippen molar-refractivity contribution in [2.24, 2.45) is 0 Å². The van der Waals surface area contributed by atoms with E-state index in [1.165, 1.54) is 4.88 Å². The molecule has 0 aromatic carbocycles. The molecule has 1 N–H and O–H groups in total. The molecule has 0 spiro atoms. The number of aromatic amines is 1. The van der Waals surface area contributed by atoms with E-state index in [-0.39, 0.29) is 0 Å². The van der Waals surface area contributed by atoms with Gasteiger partial charge in [0.2, 0.25) is 0 Å². The Hall–Kier alpha value is -1.23. The van der Waals surface area contributed by atoms with Gasteiger partial charge in [-0.3, -0.25) is 0 Å². The predicted octanol–water partition coefficient (Wildman–Crippen LogP) is 1.49. The minimum Gasteiger partial charge on any atom is -0.242 e. The first-order chi connectivity index (χ1) is 5.90. The van der Waals surface area contributed by atoms with Crippen molar-refractivity contribution in [3.8, 4) is 10.7 Å². The summed E-state index contributed by atoms with van der Waals surface area (Å²) in [6.07, 6.45) is 4.59. The molecule has 0 amide bonds. The number of hydrogen-bond donors (Lipinski definition) is 1. The smallest absolute Gasteiger partial charge is 0.145 e. The van der Waals surface area contributed by atoms with Crippen molar-refractivity contribution in [1.82, 2.24) is 20.4 Å². The largest absolute Gasteiger partial charge is 0.242 e. The molecular weight excluding hydrogens is 172 g/mol. The zero-order valence-electron chi connectivity index (χ0n) is 6.61. The maximum absolute atomic E-state index is 4.23. The van der Waals surface area contributed by atoms with Gasteiger partial charge in [0.1, 0.15) is 10.7 Å². The van der Waals surface area contributed by atoms with Gasteiger partial charge in [0.25, 0.3) is 0 Å². The molecule has 0 fully saturated rings. The second kappa shape index (κ2) is 3.02. The van der Waals surface area contributed by atoms with E-state index < -0.39 is 0 Å². The first kappa shape index (κ1) is 7.42. The number of rotatable bonds is 2. The Bertz CT molecular complexity index is 351. The summed E-state index contributed by atoms with van der Waals surface area (Å²) in [5, 5.41) is 11.2. The summed E-state index contributed by atoms with van der Waals surface area (Å²) < 4.78 is 0. The molecule has 62 valence electrons. The zero-order chi connectivity index (χ0) is 8.39. The fourth-order valence-corrected chi connectivity index (χ4v) is 1.70. The minimum atomic E-state index is 0.819. The summed E-state index contributed by atoms with van der Waals surface area (Å²) in [7, 11) is 0. The Labute approximate surface area is 73.7 Å². The topological polar surface area (TPSA) is 54.5 Å². The average Bonchev–Trinajstić information content (AvgIpc) is 2.75. The van der Waals surface area contributed by atoms with Crippen LogP contribution in [0, 0.1) is 0 Å². The highest BCUT2D eigenvalue weighted by atomic mass is 32.1. The van der Waals surface area contributed by atoms with Gasteiger partial charge in [-0.05, 0) is 6.42 Å². The number of aryl methyl sites for hydroxylation is 1. The fourth-order valence-electron chi connectivity index (χ4n) is 0.894. The molecule has 2 rings (SSSR count). The molecule has 0 aliphatic rings. The highest BCUT2D eigenvalue weighted by Gasteiger charge is 2.04. The Morgan fingerprint density at radius 1 is 1.50 bits per heavy atom. The number of nitrogens with zero attached hydrogens (tertiary/aromatic N) is 3. The Morgan fingerprint density at radius 2 is 2.42 bits per heavy atom. The van der Waals surface area contributed by atoms with Crippen LogP contribution in [0.1, 0.15) is 11.8 Å². The van der Waals surface area contributed by atoms with Crippen LogP contribution in [-0.4, -0.2) is 20.4 Å². The van der Waals surface area contributed by atoms with Gasteiger partial charge in [-0.25, -0.2) is 4.98 Å². The molecule has 12 heavy (non-hydrogen) atoms. The molecule has 2 aromatic rings. The molecule has 5 heteroatoms. The van der Waals surface area contributed by atoms with Gasteiger partial charge in [0.15, 0.2) is 0 Å². The number of hydrogen-bond acceptors (Lipinski definition) is 4. The van der Waals surface area contributed by atoms with Gasteiger partial charge in [-0.1, -0.05) is 6.92 Å². The normalized spacial score (nSPS) is 10.4. The van der Waals surface area contributed by atoms with Crippen LogP contribution in [0.4, 0.5) is 0 Å². The third kappa shape index (κ3) is 1.23. The van der Waals surface area contributed by atoms with E-state index in [2.05, 4.69) is 27.3 Å². The van der Waals surface area contributed by atoms with Gasteiger partial charge in [-0.15, -0.1) is 11.3 Å². The summed E-state index contributed by atoms with van der Waals surface area (Å²) in [6.45, 7) is 2.11. The third-order valence-corrected chi connectivity index (χ3v) is 2.70. The number of aromatic nitrogens is 4. The summed E-state index contributed by atoms with van der Waals surface area (Å²) >= 11 is 1.66. The van der Waals surface area contributed by atoms with Crippen LogP contribution in [0.5, 0.6) is 0 Å². The first-order valence-electron chi connectivity index (χ1n) is 3.71. The maximum Gasteiger partial charge on any atom is 0.145 e. The van der Waals surface area contributed by atoms with Crippen molar-refractivity contribution in [3.63, 3.8) is 0 Å². The predicted molar refractivity (Wildman–Crippen MR) is 46.9 cm³/mol. The third-order valence-electron chi connectivity index (χ3n) is 1.54. The molecule has 2 heterocycles. The van der Waals surface area contributed by atoms with Crippen molar-refractivity contribution >= 4 is 11.3 Å². The molecular formula is C7H8N4S. The van der Waals surface area contributed by atoms with Crippen molar-refractivity contribution in [2.75, 3.05) is 0 Å². The standard InChI is InChI=1S/C7H8N4S/c1-2-5-3-8-7(12-5)6-4-9-11-10-6/h3-4H,2H2,1H3,(H,9,10,11). The van der Waals surface area contributed by atoms with Gasteiger partial charge in [-0.2, -0.15) is 15.4 Å². The lowest BCUT2D eigenvalue weighted by Crippen LogP contribution is -1.73. The lowest BCUT2D eigenvalue weighted by atomic mass is 10.4. The highest BCUT2D eigenvalue weighted by Crippen LogP contribution is 2.22. The van der Waals surface area contributed by atoms with Crippen LogP contribution >= 0.6 is 11.3 Å². The quantitative estimate of drug-likeness (QED) is 0.761. The lowest BCUT2D eigenvalue weighted by Gasteiger charge is -1.83.